The number of aliphatic hydroxyl groups is 8. The average molecular weight is 1080 g/mol. The van der Waals surface area contributed by atoms with Gasteiger partial charge in [0.2, 0.25) is 0 Å². The molecule has 2 rings (SSSR count). The van der Waals surface area contributed by atoms with E-state index in [0.717, 1.165) is 70.4 Å². The van der Waals surface area contributed by atoms with Gasteiger partial charge in [-0.05, 0) is 76.9 Å². The zero-order valence-electron chi connectivity index (χ0n) is 36.7. The number of hydrogen-bond acceptors (Lipinski definition) is 22. The molecule has 0 saturated heterocycles. The summed E-state index contributed by atoms with van der Waals surface area (Å²) in [5.41, 5.74) is -1.56. The Balaban J connectivity index is -0.0000000447. The van der Waals surface area contributed by atoms with E-state index in [0.29, 0.717) is 21.2 Å². The van der Waals surface area contributed by atoms with E-state index in [1.807, 2.05) is 0 Å². The van der Waals surface area contributed by atoms with Crippen molar-refractivity contribution in [2.75, 3.05) is 69.1 Å². The van der Waals surface area contributed by atoms with Crippen LogP contribution in [0.2, 0.25) is 10.0 Å². The summed E-state index contributed by atoms with van der Waals surface area (Å²) < 4.78 is 0. The maximum Gasteiger partial charge on any atom is 3.00 e. The van der Waals surface area contributed by atoms with E-state index in [2.05, 4.69) is 9.98 Å². The fourth-order valence-electron chi connectivity index (χ4n) is 1.94. The molecule has 8 N–H and O–H groups in total. The molecule has 22 nitrogen and oxygen atoms in total. The predicted octanol–water partition coefficient (Wildman–Crippen LogP) is -7.44. The van der Waals surface area contributed by atoms with Crippen molar-refractivity contribution in [1.29, 1.82) is 0 Å². The smallest absolute Gasteiger partial charge is 0.872 e. The Bertz CT molecular complexity index is 1200. The van der Waals surface area contributed by atoms with Crippen LogP contribution in [0, 0.1) is 0 Å². The van der Waals surface area contributed by atoms with Crippen LogP contribution in [0.4, 0.5) is 0 Å². The van der Waals surface area contributed by atoms with Gasteiger partial charge in [0, 0.05) is 89.0 Å². The van der Waals surface area contributed by atoms with Crippen LogP contribution in [0.1, 0.15) is 52.7 Å². The number of carboxylic acid groups (broad SMARTS) is 4. The first-order chi connectivity index (χ1) is 27.9. The third-order valence-electron chi connectivity index (χ3n) is 4.28. The molecule has 63 heavy (non-hydrogen) atoms. The number of rotatable bonds is 8. The number of carboxylic acids is 4. The van der Waals surface area contributed by atoms with Crippen LogP contribution < -0.4 is 40.9 Å². The number of halogens is 2. The first kappa shape index (κ1) is 94.5. The summed E-state index contributed by atoms with van der Waals surface area (Å²) in [6, 6.07) is 8.57. The molecule has 0 aliphatic carbocycles. The van der Waals surface area contributed by atoms with Gasteiger partial charge < -0.3 is 101 Å². The van der Waals surface area contributed by atoms with Crippen molar-refractivity contribution in [3.8, 4) is 11.5 Å². The number of aliphatic hydroxyl groups excluding tert-OH is 8. The van der Waals surface area contributed by atoms with E-state index < -0.39 is 48.2 Å². The molecule has 0 fully saturated rings. The number of nitrogens with zero attached hydrogens (tertiary/aromatic N) is 2. The summed E-state index contributed by atoms with van der Waals surface area (Å²) in [7, 11) is 6.00. The minimum atomic E-state index is -1.09. The number of hydrogen-bond donors (Lipinski definition) is 8. The number of aliphatic imine (C=N–C) groups is 2. The van der Waals surface area contributed by atoms with Gasteiger partial charge in [0.15, 0.2) is 0 Å². The zero-order valence-corrected chi connectivity index (χ0v) is 41.8. The predicted molar refractivity (Wildman–Crippen MR) is 209 cm³/mol. The van der Waals surface area contributed by atoms with Crippen molar-refractivity contribution < 1.29 is 152 Å². The summed E-state index contributed by atoms with van der Waals surface area (Å²) in [5.74, 6) is -4.78. The Labute approximate surface area is 410 Å². The molecule has 0 amide bonds. The third-order valence-corrected chi connectivity index (χ3v) is 4.75. The fraction of sp³-hybridized carbons (Fsp3) is 0.500. The van der Waals surface area contributed by atoms with Gasteiger partial charge >= 0.3 is 51.2 Å². The molecule has 0 unspecified atom stereocenters. The maximum absolute atomic E-state index is 11.4. The summed E-state index contributed by atoms with van der Waals surface area (Å²) in [6.45, 7) is 5.12. The molecular formula is C36H60Cl2Mn3N2O20. The van der Waals surface area contributed by atoms with Crippen molar-refractivity contribution in [1.82, 2.24) is 0 Å². The quantitative estimate of drug-likeness (QED) is 0.0899. The molecular weight excluding hydrogens is 1020 g/mol. The van der Waals surface area contributed by atoms with E-state index in [4.69, 9.17) is 104 Å². The Hall–Kier alpha value is -3.00. The van der Waals surface area contributed by atoms with Crippen LogP contribution in [0.5, 0.6) is 11.5 Å². The summed E-state index contributed by atoms with van der Waals surface area (Å²) in [5, 5.41) is 141. The van der Waals surface area contributed by atoms with Crippen molar-refractivity contribution in [3.63, 3.8) is 0 Å². The molecule has 0 heterocycles. The Morgan fingerprint density at radius 1 is 0.540 bits per heavy atom. The Morgan fingerprint density at radius 3 is 0.857 bits per heavy atom. The molecule has 0 bridgehead atoms. The van der Waals surface area contributed by atoms with Gasteiger partial charge in [0.25, 0.3) is 0 Å². The van der Waals surface area contributed by atoms with Crippen LogP contribution in [0.3, 0.4) is 0 Å². The van der Waals surface area contributed by atoms with Gasteiger partial charge in [-0.2, -0.15) is 0 Å². The minimum absolute atomic E-state index is 0. The van der Waals surface area contributed by atoms with Gasteiger partial charge in [-0.25, -0.2) is 0 Å². The number of carbonyl (C=O) groups is 4. The van der Waals surface area contributed by atoms with Crippen molar-refractivity contribution in [2.45, 2.75) is 52.6 Å². The average Bonchev–Trinajstić information content (AvgIpc) is 3.22. The number of aliphatic carboxylic acids is 4. The second-order valence-corrected chi connectivity index (χ2v) is 10.3. The van der Waals surface area contributed by atoms with Crippen molar-refractivity contribution in [3.05, 3.63) is 57.6 Å². The third kappa shape index (κ3) is 86.8. The minimum Gasteiger partial charge on any atom is -0.872 e. The largest absolute Gasteiger partial charge is 3.00 e. The van der Waals surface area contributed by atoms with E-state index >= 15 is 0 Å². The first-order valence-electron chi connectivity index (χ1n) is 15.7. The topological polar surface area (TPSA) is 439 Å². The Morgan fingerprint density at radius 2 is 0.714 bits per heavy atom. The van der Waals surface area contributed by atoms with E-state index in [9.17, 15) is 20.4 Å². The van der Waals surface area contributed by atoms with E-state index in [-0.39, 0.29) is 75.9 Å². The molecule has 2 aromatic rings. The second kappa shape index (κ2) is 70.7. The second-order valence-electron chi connectivity index (χ2n) is 9.45. The Kier molecular flexibility index (Phi) is 106. The van der Waals surface area contributed by atoms with Crippen LogP contribution in [-0.2, 0) is 70.4 Å². The summed E-state index contributed by atoms with van der Waals surface area (Å²) in [6.07, 6.45) is 2.56. The number of benzene rings is 2. The van der Waals surface area contributed by atoms with Crippen molar-refractivity contribution >= 4 is 59.5 Å². The van der Waals surface area contributed by atoms with Gasteiger partial charge in [-0.3, -0.25) is 9.98 Å². The molecule has 27 heteroatoms. The SMILES string of the molecule is CC(=O)[O-].CC(=O)[O-].CC(=O)[O-].CC(=O)[O-].CO.CO.CO.CO.CO.CO.C[C@@](C[O-])(CO)N=Cc1cc(Cl)ccc1[O-].C[C@](C[O-])(CO)N=Cc1cc(Cl)ccc1[O-].[Mn+2].[Mn+3].[Mn+3]. The molecule has 0 aliphatic rings. The standard InChI is InChI=1S/2C11H13ClNO3.4C2H4O2.6CH4O.3Mn/c2*1-11(6-14,7-15)13-5-8-4-9(12)2-3-10(8)16;4*1-2(3)4;6*1-2;;;/h2*2-5,14,16H,6-7H2,1H3;4*1H3,(H,3,4);6*2H,1H3;;;/q2*-1;;;;;;;;;;;+2;2*+3/p-6/t2*11-;;;;;;;;;;;;;/m10............./s1. The molecule has 0 aromatic heterocycles. The molecule has 0 saturated carbocycles. The maximum atomic E-state index is 11.4. The molecule has 2 atom stereocenters. The first-order valence-corrected chi connectivity index (χ1v) is 16.5. The molecule has 0 spiro atoms. The molecule has 369 valence electrons. The fourth-order valence-corrected chi connectivity index (χ4v) is 2.30. The number of carbonyl (C=O) groups excluding carboxylic acids is 4. The van der Waals surface area contributed by atoms with Gasteiger partial charge in [0.1, 0.15) is 0 Å². The van der Waals surface area contributed by atoms with Crippen LogP contribution in [-0.4, -0.2) is 157 Å². The van der Waals surface area contributed by atoms with E-state index in [1.54, 1.807) is 0 Å². The monoisotopic (exact) mass is 1080 g/mol. The van der Waals surface area contributed by atoms with Crippen LogP contribution in [0.15, 0.2) is 46.4 Å². The van der Waals surface area contributed by atoms with Gasteiger partial charge in [0.05, 0.1) is 24.3 Å². The van der Waals surface area contributed by atoms with Crippen LogP contribution >= 0.6 is 23.2 Å². The normalized spacial score (nSPS) is 9.90. The summed E-state index contributed by atoms with van der Waals surface area (Å²) in [4.78, 5) is 43.4. The van der Waals surface area contributed by atoms with Crippen LogP contribution in [0.25, 0.3) is 0 Å². The van der Waals surface area contributed by atoms with E-state index in [1.165, 1.54) is 62.7 Å². The molecule has 0 aliphatic heterocycles. The van der Waals surface area contributed by atoms with Gasteiger partial charge in [-0.1, -0.05) is 46.8 Å². The van der Waals surface area contributed by atoms with Gasteiger partial charge in [-0.15, -0.1) is 13.2 Å². The molecule has 1 radical (unpaired) electrons. The summed E-state index contributed by atoms with van der Waals surface area (Å²) >= 11 is 11.4. The zero-order chi connectivity index (χ0) is 50.7. The molecule has 2 aromatic carbocycles. The van der Waals surface area contributed by atoms with Crippen molar-refractivity contribution in [2.24, 2.45) is 9.98 Å².